The number of anilines is 1. The van der Waals surface area contributed by atoms with Crippen molar-refractivity contribution in [3.05, 3.63) is 47.3 Å². The first-order chi connectivity index (χ1) is 10.1. The molecule has 0 aliphatic heterocycles. The van der Waals surface area contributed by atoms with Gasteiger partial charge in [-0.3, -0.25) is 9.48 Å². The number of benzene rings is 1. The van der Waals surface area contributed by atoms with Crippen LogP contribution >= 0.6 is 0 Å². The number of nitrogens with one attached hydrogen (secondary N) is 1. The van der Waals surface area contributed by atoms with Crippen LogP contribution in [0.4, 0.5) is 5.69 Å². The molecule has 1 amide bonds. The van der Waals surface area contributed by atoms with Gasteiger partial charge in [0.15, 0.2) is 0 Å². The van der Waals surface area contributed by atoms with E-state index in [1.807, 2.05) is 38.1 Å². The van der Waals surface area contributed by atoms with E-state index in [2.05, 4.69) is 10.4 Å². The molecule has 112 valence electrons. The molecule has 2 aromatic rings. The van der Waals surface area contributed by atoms with E-state index >= 15 is 0 Å². The van der Waals surface area contributed by atoms with E-state index < -0.39 is 0 Å². The number of hydrogen-bond donors (Lipinski definition) is 2. The first kappa shape index (κ1) is 15.3. The Kier molecular flexibility index (Phi) is 5.11. The molecule has 0 aliphatic rings. The van der Waals surface area contributed by atoms with Crippen LogP contribution in [0.3, 0.4) is 0 Å². The second-order valence-corrected chi connectivity index (χ2v) is 5.03. The molecule has 0 unspecified atom stereocenters. The number of amides is 1. The molecule has 0 spiro atoms. The Hall–Kier alpha value is -2.14. The highest BCUT2D eigenvalue weighted by Gasteiger charge is 2.13. The quantitative estimate of drug-likeness (QED) is 0.856. The van der Waals surface area contributed by atoms with Crippen molar-refractivity contribution < 1.29 is 4.79 Å². The lowest BCUT2D eigenvalue weighted by molar-refractivity contribution is 0.101. The Morgan fingerprint density at radius 1 is 1.38 bits per heavy atom. The lowest BCUT2D eigenvalue weighted by atomic mass is 10.1. The molecule has 21 heavy (non-hydrogen) atoms. The molecule has 0 atom stereocenters. The molecule has 0 radical (unpaired) electrons. The number of hydrogen-bond acceptors (Lipinski definition) is 3. The summed E-state index contributed by atoms with van der Waals surface area (Å²) in [5.41, 5.74) is 8.94. The third-order valence-corrected chi connectivity index (χ3v) is 3.29. The first-order valence-corrected chi connectivity index (χ1v) is 7.29. The highest BCUT2D eigenvalue weighted by Crippen LogP contribution is 2.14. The highest BCUT2D eigenvalue weighted by molar-refractivity contribution is 6.03. The van der Waals surface area contributed by atoms with Crippen molar-refractivity contribution in [3.63, 3.8) is 0 Å². The predicted octanol–water partition coefficient (Wildman–Crippen LogP) is 2.36. The third kappa shape index (κ3) is 3.92. The minimum atomic E-state index is -0.131. The van der Waals surface area contributed by atoms with Gasteiger partial charge in [-0.25, -0.2) is 0 Å². The molecule has 1 aromatic heterocycles. The van der Waals surface area contributed by atoms with Gasteiger partial charge in [-0.05, 0) is 57.0 Å². The zero-order valence-electron chi connectivity index (χ0n) is 12.6. The average Bonchev–Trinajstić information content (AvgIpc) is 2.87. The normalized spacial score (nSPS) is 10.6. The van der Waals surface area contributed by atoms with Crippen LogP contribution in [-0.4, -0.2) is 22.2 Å². The van der Waals surface area contributed by atoms with Crippen LogP contribution in [0.5, 0.6) is 0 Å². The Bertz CT molecular complexity index is 618. The van der Waals surface area contributed by atoms with Crippen LogP contribution in [0.15, 0.2) is 30.3 Å². The SMILES string of the molecule is CCn1nc(C)cc1C(=O)Nc1cccc(CCCN)c1. The fraction of sp³-hybridized carbons (Fsp3) is 0.375. The van der Waals surface area contributed by atoms with E-state index in [4.69, 9.17) is 5.73 Å². The van der Waals surface area contributed by atoms with Crippen molar-refractivity contribution in [2.24, 2.45) is 5.73 Å². The molecule has 0 saturated carbocycles. The Morgan fingerprint density at radius 2 is 2.19 bits per heavy atom. The molecular formula is C16H22N4O. The summed E-state index contributed by atoms with van der Waals surface area (Å²) in [6.07, 6.45) is 1.87. The number of rotatable bonds is 6. The number of aromatic nitrogens is 2. The third-order valence-electron chi connectivity index (χ3n) is 3.29. The topological polar surface area (TPSA) is 72.9 Å². The molecule has 1 heterocycles. The Labute approximate surface area is 125 Å². The van der Waals surface area contributed by atoms with Crippen LogP contribution in [0.25, 0.3) is 0 Å². The van der Waals surface area contributed by atoms with Gasteiger partial charge in [-0.1, -0.05) is 12.1 Å². The zero-order valence-corrected chi connectivity index (χ0v) is 12.6. The number of nitrogens with zero attached hydrogens (tertiary/aromatic N) is 2. The summed E-state index contributed by atoms with van der Waals surface area (Å²) in [6, 6.07) is 9.68. The van der Waals surface area contributed by atoms with Gasteiger partial charge in [0.05, 0.1) is 5.69 Å². The maximum absolute atomic E-state index is 12.3. The van der Waals surface area contributed by atoms with E-state index in [-0.39, 0.29) is 5.91 Å². The second-order valence-electron chi connectivity index (χ2n) is 5.03. The lowest BCUT2D eigenvalue weighted by Crippen LogP contribution is -2.17. The molecule has 5 heteroatoms. The fourth-order valence-corrected chi connectivity index (χ4v) is 2.28. The van der Waals surface area contributed by atoms with Crippen molar-refractivity contribution in [3.8, 4) is 0 Å². The zero-order chi connectivity index (χ0) is 15.2. The summed E-state index contributed by atoms with van der Waals surface area (Å²) in [4.78, 5) is 12.3. The van der Waals surface area contributed by atoms with Crippen molar-refractivity contribution in [1.82, 2.24) is 9.78 Å². The second kappa shape index (κ2) is 7.04. The fourth-order valence-electron chi connectivity index (χ4n) is 2.28. The Morgan fingerprint density at radius 3 is 2.90 bits per heavy atom. The van der Waals surface area contributed by atoms with E-state index in [0.717, 1.165) is 24.2 Å². The number of nitrogens with two attached hydrogens (primary N) is 1. The largest absolute Gasteiger partial charge is 0.330 e. The molecule has 0 bridgehead atoms. The molecule has 3 N–H and O–H groups in total. The van der Waals surface area contributed by atoms with E-state index in [1.165, 1.54) is 5.56 Å². The van der Waals surface area contributed by atoms with Crippen LogP contribution < -0.4 is 11.1 Å². The van der Waals surface area contributed by atoms with Crippen LogP contribution in [-0.2, 0) is 13.0 Å². The van der Waals surface area contributed by atoms with Crippen molar-refractivity contribution in [2.45, 2.75) is 33.2 Å². The van der Waals surface area contributed by atoms with E-state index in [0.29, 0.717) is 18.8 Å². The summed E-state index contributed by atoms with van der Waals surface area (Å²) in [5.74, 6) is -0.131. The van der Waals surface area contributed by atoms with Gasteiger partial charge in [0.2, 0.25) is 0 Å². The van der Waals surface area contributed by atoms with Crippen LogP contribution in [0.1, 0.15) is 35.1 Å². The maximum atomic E-state index is 12.3. The first-order valence-electron chi connectivity index (χ1n) is 7.29. The highest BCUT2D eigenvalue weighted by atomic mass is 16.2. The molecule has 5 nitrogen and oxygen atoms in total. The lowest BCUT2D eigenvalue weighted by Gasteiger charge is -2.08. The van der Waals surface area contributed by atoms with E-state index in [9.17, 15) is 4.79 Å². The van der Waals surface area contributed by atoms with Gasteiger partial charge in [0.1, 0.15) is 5.69 Å². The molecule has 0 aliphatic carbocycles. The van der Waals surface area contributed by atoms with Crippen LogP contribution in [0.2, 0.25) is 0 Å². The van der Waals surface area contributed by atoms with E-state index in [1.54, 1.807) is 10.7 Å². The van der Waals surface area contributed by atoms with Crippen molar-refractivity contribution >= 4 is 11.6 Å². The predicted molar refractivity (Wildman–Crippen MR) is 84.4 cm³/mol. The molecule has 2 rings (SSSR count). The van der Waals surface area contributed by atoms with Gasteiger partial charge in [-0.2, -0.15) is 5.10 Å². The van der Waals surface area contributed by atoms with Gasteiger partial charge in [0, 0.05) is 12.2 Å². The minimum absolute atomic E-state index is 0.131. The summed E-state index contributed by atoms with van der Waals surface area (Å²) in [7, 11) is 0. The monoisotopic (exact) mass is 286 g/mol. The minimum Gasteiger partial charge on any atom is -0.330 e. The maximum Gasteiger partial charge on any atom is 0.273 e. The molecule has 1 aromatic carbocycles. The number of carbonyl (C=O) groups is 1. The summed E-state index contributed by atoms with van der Waals surface area (Å²) in [6.45, 7) is 5.20. The van der Waals surface area contributed by atoms with Crippen LogP contribution in [0, 0.1) is 6.92 Å². The Balaban J connectivity index is 2.11. The number of aryl methyl sites for hydroxylation is 3. The molecular weight excluding hydrogens is 264 g/mol. The van der Waals surface area contributed by atoms with Gasteiger partial charge < -0.3 is 11.1 Å². The summed E-state index contributed by atoms with van der Waals surface area (Å²) < 4.78 is 1.71. The summed E-state index contributed by atoms with van der Waals surface area (Å²) in [5, 5.41) is 7.22. The summed E-state index contributed by atoms with van der Waals surface area (Å²) >= 11 is 0. The van der Waals surface area contributed by atoms with Gasteiger partial charge in [0.25, 0.3) is 5.91 Å². The van der Waals surface area contributed by atoms with Gasteiger partial charge in [-0.15, -0.1) is 0 Å². The molecule has 0 saturated heterocycles. The van der Waals surface area contributed by atoms with Crippen molar-refractivity contribution in [2.75, 3.05) is 11.9 Å². The molecule has 0 fully saturated rings. The van der Waals surface area contributed by atoms with Crippen molar-refractivity contribution in [1.29, 1.82) is 0 Å². The smallest absolute Gasteiger partial charge is 0.273 e. The average molecular weight is 286 g/mol. The standard InChI is InChI=1S/C16H22N4O/c1-3-20-15(10-12(2)19-20)16(21)18-14-8-4-6-13(11-14)7-5-9-17/h4,6,8,10-11H,3,5,7,9,17H2,1-2H3,(H,18,21). The van der Waals surface area contributed by atoms with Gasteiger partial charge >= 0.3 is 0 Å². The number of carbonyl (C=O) groups excluding carboxylic acids is 1.